The summed E-state index contributed by atoms with van der Waals surface area (Å²) in [7, 11) is 1.75. The molecule has 0 aromatic heterocycles. The Kier molecular flexibility index (Phi) is 4.80. The molecule has 2 heterocycles. The highest BCUT2D eigenvalue weighted by atomic mass is 16.6. The predicted octanol–water partition coefficient (Wildman–Crippen LogP) is 2.42. The Labute approximate surface area is 190 Å². The Bertz CT molecular complexity index is 1150. The number of nitro benzene ring substituents is 1. The Balaban J connectivity index is 1.76. The molecule has 0 unspecified atom stereocenters. The van der Waals surface area contributed by atoms with Crippen molar-refractivity contribution in [2.75, 3.05) is 28.5 Å². The molecule has 10 heteroatoms. The van der Waals surface area contributed by atoms with Crippen molar-refractivity contribution in [2.45, 2.75) is 31.8 Å². The highest BCUT2D eigenvalue weighted by molar-refractivity contribution is 6.02. The molecule has 1 saturated carbocycles. The van der Waals surface area contributed by atoms with E-state index in [1.807, 2.05) is 34.2 Å². The maximum absolute atomic E-state index is 13.7. The fourth-order valence-corrected chi connectivity index (χ4v) is 5.34. The van der Waals surface area contributed by atoms with Crippen LogP contribution in [-0.4, -0.2) is 30.1 Å². The van der Waals surface area contributed by atoms with E-state index >= 15 is 0 Å². The van der Waals surface area contributed by atoms with Crippen LogP contribution in [0.4, 0.5) is 22.7 Å². The predicted molar refractivity (Wildman–Crippen MR) is 120 cm³/mol. The number of carbonyl (C=O) groups excluding carboxylic acids is 1. The Morgan fingerprint density at radius 3 is 2.58 bits per heavy atom. The molecule has 1 N–H and O–H groups in total. The number of nitrogens with zero attached hydrogens (tertiary/aromatic N) is 4. The van der Waals surface area contributed by atoms with Crippen molar-refractivity contribution in [1.29, 1.82) is 0 Å². The van der Waals surface area contributed by atoms with Gasteiger partial charge >= 0.3 is 0 Å². The standard InChI is InChI=1S/C23H25N5O5/c1-3-33-22(30)20-24-27(15-10-12-16(13-11-15)28(31)32)23-14-6-7-17(23)21(29)25(2)18-8-4-5-9-19(18)26(20)23/h4-5,8-13,17,24,30H,3,6-7,14H2,1-2H3/p-1/t17-,23-/m0/s1. The number of anilines is 3. The van der Waals surface area contributed by atoms with E-state index in [4.69, 9.17) is 4.74 Å². The average molecular weight is 450 g/mol. The molecule has 1 spiro atoms. The summed E-state index contributed by atoms with van der Waals surface area (Å²) >= 11 is 0. The lowest BCUT2D eigenvalue weighted by atomic mass is 9.92. The fraction of sp³-hybridized carbons (Fsp3) is 0.348. The van der Waals surface area contributed by atoms with Crippen LogP contribution in [0.15, 0.2) is 60.3 Å². The van der Waals surface area contributed by atoms with Crippen LogP contribution in [0.5, 0.6) is 0 Å². The first-order valence-corrected chi connectivity index (χ1v) is 10.9. The monoisotopic (exact) mass is 450 g/mol. The van der Waals surface area contributed by atoms with Crippen molar-refractivity contribution in [3.8, 4) is 0 Å². The molecule has 33 heavy (non-hydrogen) atoms. The summed E-state index contributed by atoms with van der Waals surface area (Å²) in [5.74, 6) is -0.790. The van der Waals surface area contributed by atoms with Crippen molar-refractivity contribution in [2.24, 2.45) is 5.92 Å². The summed E-state index contributed by atoms with van der Waals surface area (Å²) in [5, 5.41) is 26.1. The second kappa shape index (κ2) is 7.58. The summed E-state index contributed by atoms with van der Waals surface area (Å²) in [6.07, 6.45) is 2.04. The minimum Gasteiger partial charge on any atom is -0.611 e. The number of para-hydroxylation sites is 2. The normalized spacial score (nSPS) is 25.1. The minimum absolute atomic E-state index is 0.0353. The second-order valence-electron chi connectivity index (χ2n) is 8.33. The van der Waals surface area contributed by atoms with Gasteiger partial charge in [0.05, 0.1) is 33.8 Å². The Morgan fingerprint density at radius 2 is 1.91 bits per heavy atom. The number of nitrogens with one attached hydrogen (secondary N) is 1. The molecule has 2 fully saturated rings. The van der Waals surface area contributed by atoms with Crippen LogP contribution in [0, 0.1) is 16.0 Å². The van der Waals surface area contributed by atoms with Crippen molar-refractivity contribution in [1.82, 2.24) is 5.43 Å². The lowest BCUT2D eigenvalue weighted by Gasteiger charge is -2.43. The molecular weight excluding hydrogens is 426 g/mol. The number of hydrogen-bond donors (Lipinski definition) is 1. The number of benzene rings is 2. The molecule has 0 bridgehead atoms. The lowest BCUT2D eigenvalue weighted by molar-refractivity contribution is -0.384. The highest BCUT2D eigenvalue weighted by Gasteiger charge is 2.62. The van der Waals surface area contributed by atoms with Gasteiger partial charge in [-0.2, -0.15) is 0 Å². The molecule has 1 aliphatic carbocycles. The number of nitro groups is 1. The zero-order chi connectivity index (χ0) is 23.3. The van der Waals surface area contributed by atoms with E-state index in [9.17, 15) is 20.0 Å². The molecule has 1 saturated heterocycles. The summed E-state index contributed by atoms with van der Waals surface area (Å²) in [6.45, 7) is 1.94. The van der Waals surface area contributed by atoms with Gasteiger partial charge in [-0.15, -0.1) is 0 Å². The molecular formula is C23H24N5O5-. The SMILES string of the molecule is CCOC([O-])=C1NN(c2ccc([N+](=O)[O-])cc2)[C@@]23CCC[C@H]2C(=O)N(C)c2ccccc2N13. The van der Waals surface area contributed by atoms with E-state index in [0.29, 0.717) is 24.2 Å². The number of ether oxygens (including phenoxy) is 1. The number of carbonyl (C=O) groups is 1. The number of fused-ring (bicyclic) bond motifs is 2. The average Bonchev–Trinajstić information content (AvgIpc) is 3.39. The number of hydrazine groups is 1. The van der Waals surface area contributed by atoms with E-state index in [2.05, 4.69) is 5.43 Å². The van der Waals surface area contributed by atoms with Gasteiger partial charge in [0.15, 0.2) is 0 Å². The highest BCUT2D eigenvalue weighted by Crippen LogP contribution is 2.55. The Hall–Kier alpha value is -3.95. The van der Waals surface area contributed by atoms with Gasteiger partial charge < -0.3 is 14.7 Å². The maximum Gasteiger partial charge on any atom is 0.269 e. The van der Waals surface area contributed by atoms with Crippen LogP contribution in [0.3, 0.4) is 0 Å². The van der Waals surface area contributed by atoms with Crippen molar-refractivity contribution < 1.29 is 19.6 Å². The van der Waals surface area contributed by atoms with E-state index in [-0.39, 0.29) is 24.0 Å². The number of non-ortho nitro benzene ring substituents is 1. The summed E-state index contributed by atoms with van der Waals surface area (Å²) < 4.78 is 5.37. The smallest absolute Gasteiger partial charge is 0.269 e. The van der Waals surface area contributed by atoms with Gasteiger partial charge in [-0.25, -0.2) is 0 Å². The van der Waals surface area contributed by atoms with Crippen LogP contribution in [0.1, 0.15) is 26.2 Å². The quantitative estimate of drug-likeness (QED) is 0.429. The van der Waals surface area contributed by atoms with Crippen LogP contribution in [0.25, 0.3) is 0 Å². The fourth-order valence-electron chi connectivity index (χ4n) is 5.34. The van der Waals surface area contributed by atoms with Crippen molar-refractivity contribution in [3.05, 3.63) is 70.4 Å². The molecule has 0 radical (unpaired) electrons. The first-order valence-electron chi connectivity index (χ1n) is 10.9. The first-order chi connectivity index (χ1) is 15.9. The molecule has 3 aliphatic rings. The zero-order valence-corrected chi connectivity index (χ0v) is 18.4. The molecule has 2 atom stereocenters. The molecule has 10 nitrogen and oxygen atoms in total. The molecule has 2 aliphatic heterocycles. The van der Waals surface area contributed by atoms with E-state index < -0.39 is 22.4 Å². The molecule has 1 amide bonds. The van der Waals surface area contributed by atoms with E-state index in [1.54, 1.807) is 31.0 Å². The third-order valence-electron chi connectivity index (χ3n) is 6.71. The van der Waals surface area contributed by atoms with Crippen LogP contribution >= 0.6 is 0 Å². The maximum atomic E-state index is 13.7. The van der Waals surface area contributed by atoms with Crippen LogP contribution in [-0.2, 0) is 9.53 Å². The van der Waals surface area contributed by atoms with Gasteiger partial charge in [0, 0.05) is 19.2 Å². The summed E-state index contributed by atoms with van der Waals surface area (Å²) in [6, 6.07) is 13.6. The van der Waals surface area contributed by atoms with Crippen LogP contribution < -0.4 is 25.3 Å². The van der Waals surface area contributed by atoms with Gasteiger partial charge in [-0.05, 0) is 50.1 Å². The molecule has 172 valence electrons. The topological polar surface area (TPSA) is 114 Å². The zero-order valence-electron chi connectivity index (χ0n) is 18.4. The molecule has 5 rings (SSSR count). The largest absolute Gasteiger partial charge is 0.611 e. The number of hydrogen-bond acceptors (Lipinski definition) is 8. The minimum atomic E-state index is -0.907. The van der Waals surface area contributed by atoms with E-state index in [0.717, 1.165) is 12.1 Å². The van der Waals surface area contributed by atoms with Gasteiger partial charge in [-0.3, -0.25) is 30.2 Å². The summed E-state index contributed by atoms with van der Waals surface area (Å²) in [5.41, 5.74) is 4.30. The molecule has 2 aromatic rings. The number of rotatable bonds is 4. The van der Waals surface area contributed by atoms with Gasteiger partial charge in [-0.1, -0.05) is 19.1 Å². The lowest BCUT2D eigenvalue weighted by Crippen LogP contribution is -2.60. The number of amides is 1. The van der Waals surface area contributed by atoms with Gasteiger partial charge in [0.25, 0.3) is 5.69 Å². The Morgan fingerprint density at radius 1 is 1.21 bits per heavy atom. The van der Waals surface area contributed by atoms with Crippen molar-refractivity contribution in [3.63, 3.8) is 0 Å². The second-order valence-corrected chi connectivity index (χ2v) is 8.33. The third kappa shape index (κ3) is 2.90. The summed E-state index contributed by atoms with van der Waals surface area (Å²) in [4.78, 5) is 28.0. The third-order valence-corrected chi connectivity index (χ3v) is 6.71. The van der Waals surface area contributed by atoms with Gasteiger partial charge in [0.1, 0.15) is 11.5 Å². The van der Waals surface area contributed by atoms with Gasteiger partial charge in [0.2, 0.25) is 5.91 Å². The van der Waals surface area contributed by atoms with E-state index in [1.165, 1.54) is 12.1 Å². The van der Waals surface area contributed by atoms with Crippen LogP contribution in [0.2, 0.25) is 0 Å². The molecule has 2 aromatic carbocycles. The van der Waals surface area contributed by atoms with Crippen molar-refractivity contribution >= 4 is 28.7 Å². The first kappa shape index (κ1) is 20.9.